The van der Waals surface area contributed by atoms with Crippen molar-refractivity contribution in [2.24, 2.45) is 17.6 Å². The van der Waals surface area contributed by atoms with E-state index in [9.17, 15) is 14.4 Å². The summed E-state index contributed by atoms with van der Waals surface area (Å²) in [5.74, 6) is -0.655. The highest BCUT2D eigenvalue weighted by atomic mass is 16.2. The monoisotopic (exact) mass is 335 g/mol. The van der Waals surface area contributed by atoms with E-state index in [0.717, 1.165) is 6.42 Å². The molecule has 0 aliphatic carbocycles. The topological polar surface area (TPSA) is 121 Å². The summed E-state index contributed by atoms with van der Waals surface area (Å²) in [6.07, 6.45) is 3.30. The summed E-state index contributed by atoms with van der Waals surface area (Å²) in [6, 6.07) is 0. The minimum atomic E-state index is -0.354. The number of hydrogen-bond acceptors (Lipinski definition) is 4. The zero-order chi connectivity index (χ0) is 17.7. The Morgan fingerprint density at radius 1 is 1.38 bits per heavy atom. The molecule has 1 saturated heterocycles. The Bertz CT molecular complexity index is 603. The lowest BCUT2D eigenvalue weighted by atomic mass is 9.96. The van der Waals surface area contributed by atoms with Crippen LogP contribution in [-0.4, -0.2) is 52.2 Å². The number of aromatic amines is 1. The number of hydrogen-bond donors (Lipinski definition) is 3. The van der Waals surface area contributed by atoms with Gasteiger partial charge in [-0.2, -0.15) is 0 Å². The van der Waals surface area contributed by atoms with E-state index < -0.39 is 0 Å². The highest BCUT2D eigenvalue weighted by molar-refractivity contribution is 6.04. The molecule has 132 valence electrons. The van der Waals surface area contributed by atoms with Gasteiger partial charge in [-0.1, -0.05) is 13.8 Å². The molecule has 0 radical (unpaired) electrons. The van der Waals surface area contributed by atoms with Crippen molar-refractivity contribution >= 4 is 17.7 Å². The maximum atomic E-state index is 12.6. The minimum absolute atomic E-state index is 0.112. The van der Waals surface area contributed by atoms with E-state index in [-0.39, 0.29) is 35.0 Å². The smallest absolute Gasteiger partial charge is 0.272 e. The second-order valence-corrected chi connectivity index (χ2v) is 6.53. The Labute approximate surface area is 141 Å². The van der Waals surface area contributed by atoms with E-state index >= 15 is 0 Å². The number of likely N-dealkylation sites (tertiary alicyclic amines) is 1. The van der Waals surface area contributed by atoms with Crippen molar-refractivity contribution in [1.29, 1.82) is 0 Å². The summed E-state index contributed by atoms with van der Waals surface area (Å²) in [5, 5.41) is 2.78. The van der Waals surface area contributed by atoms with Crippen LogP contribution >= 0.6 is 0 Å². The molecule has 1 fully saturated rings. The van der Waals surface area contributed by atoms with Crippen LogP contribution in [0.2, 0.25) is 0 Å². The zero-order valence-electron chi connectivity index (χ0n) is 14.2. The number of nitrogens with zero attached hydrogens (tertiary/aromatic N) is 2. The number of carbonyl (C=O) groups is 3. The Kier molecular flexibility index (Phi) is 5.94. The Morgan fingerprint density at radius 2 is 2.04 bits per heavy atom. The van der Waals surface area contributed by atoms with Gasteiger partial charge in [0.15, 0.2) is 5.69 Å². The molecule has 0 spiro atoms. The van der Waals surface area contributed by atoms with E-state index in [2.05, 4.69) is 29.1 Å². The molecule has 0 unspecified atom stereocenters. The lowest BCUT2D eigenvalue weighted by Crippen LogP contribution is -2.42. The molecule has 1 aromatic heterocycles. The normalized spacial score (nSPS) is 15.5. The molecule has 0 aromatic carbocycles. The maximum Gasteiger partial charge on any atom is 0.272 e. The maximum absolute atomic E-state index is 12.6. The number of amides is 3. The third-order valence-electron chi connectivity index (χ3n) is 4.26. The van der Waals surface area contributed by atoms with Crippen LogP contribution < -0.4 is 11.1 Å². The lowest BCUT2D eigenvalue weighted by molar-refractivity contribution is -0.123. The third-order valence-corrected chi connectivity index (χ3v) is 4.26. The number of rotatable bonds is 6. The standard InChI is InChI=1S/C16H25N5O3/c1-10(2)3-6-18-15(23)12-13(20-9-19-12)16(24)21-7-4-11(5-8-21)14(17)22/h9-11H,3-8H2,1-2H3,(H2,17,22)(H,18,23)(H,19,20). The van der Waals surface area contributed by atoms with Gasteiger partial charge in [-0.15, -0.1) is 0 Å². The van der Waals surface area contributed by atoms with E-state index in [4.69, 9.17) is 5.73 Å². The summed E-state index contributed by atoms with van der Waals surface area (Å²) < 4.78 is 0. The molecule has 3 amide bonds. The van der Waals surface area contributed by atoms with E-state index in [1.807, 2.05) is 0 Å². The average molecular weight is 335 g/mol. The molecule has 1 aromatic rings. The predicted molar refractivity (Wildman–Crippen MR) is 88.2 cm³/mol. The van der Waals surface area contributed by atoms with Gasteiger partial charge < -0.3 is 20.9 Å². The minimum Gasteiger partial charge on any atom is -0.369 e. The number of nitrogens with one attached hydrogen (secondary N) is 2. The van der Waals surface area contributed by atoms with Crippen molar-refractivity contribution < 1.29 is 14.4 Å². The first-order chi connectivity index (χ1) is 11.4. The van der Waals surface area contributed by atoms with Crippen LogP contribution in [0.15, 0.2) is 6.33 Å². The largest absolute Gasteiger partial charge is 0.369 e. The molecule has 1 aliphatic heterocycles. The Morgan fingerprint density at radius 3 is 2.62 bits per heavy atom. The van der Waals surface area contributed by atoms with Gasteiger partial charge >= 0.3 is 0 Å². The van der Waals surface area contributed by atoms with E-state index in [1.54, 1.807) is 4.90 Å². The summed E-state index contributed by atoms with van der Waals surface area (Å²) in [5.41, 5.74) is 5.60. The average Bonchev–Trinajstić information content (AvgIpc) is 3.03. The van der Waals surface area contributed by atoms with Crippen molar-refractivity contribution in [1.82, 2.24) is 20.2 Å². The second kappa shape index (κ2) is 7.94. The molecule has 2 heterocycles. The number of piperidine rings is 1. The fraction of sp³-hybridized carbons (Fsp3) is 0.625. The number of aromatic nitrogens is 2. The summed E-state index contributed by atoms with van der Waals surface area (Å²) in [7, 11) is 0. The van der Waals surface area contributed by atoms with Crippen molar-refractivity contribution in [2.45, 2.75) is 33.1 Å². The van der Waals surface area contributed by atoms with Crippen LogP contribution in [0.3, 0.4) is 0 Å². The highest BCUT2D eigenvalue weighted by Crippen LogP contribution is 2.19. The number of carbonyl (C=O) groups excluding carboxylic acids is 3. The summed E-state index contributed by atoms with van der Waals surface area (Å²) in [6.45, 7) is 5.58. The van der Waals surface area contributed by atoms with Crippen molar-refractivity contribution in [3.8, 4) is 0 Å². The predicted octanol–water partition coefficient (Wildman–Crippen LogP) is 0.523. The molecule has 8 heteroatoms. The number of primary amides is 1. The van der Waals surface area contributed by atoms with Crippen molar-refractivity contribution in [2.75, 3.05) is 19.6 Å². The first-order valence-electron chi connectivity index (χ1n) is 8.30. The van der Waals surface area contributed by atoms with Gasteiger partial charge in [-0.3, -0.25) is 14.4 Å². The molecule has 8 nitrogen and oxygen atoms in total. The van der Waals surface area contributed by atoms with Crippen LogP contribution in [0.25, 0.3) is 0 Å². The molecule has 1 aliphatic rings. The number of nitrogens with two attached hydrogens (primary N) is 1. The number of imidazole rings is 1. The van der Waals surface area contributed by atoms with Gasteiger partial charge in [-0.25, -0.2) is 4.98 Å². The summed E-state index contributed by atoms with van der Waals surface area (Å²) >= 11 is 0. The third kappa shape index (κ3) is 4.33. The molecule has 4 N–H and O–H groups in total. The first-order valence-corrected chi connectivity index (χ1v) is 8.30. The van der Waals surface area contributed by atoms with Gasteiger partial charge in [0.1, 0.15) is 5.69 Å². The summed E-state index contributed by atoms with van der Waals surface area (Å²) in [4.78, 5) is 44.4. The van der Waals surface area contributed by atoms with Gasteiger partial charge in [0.25, 0.3) is 11.8 Å². The molecular formula is C16H25N5O3. The number of H-pyrrole nitrogens is 1. The molecule has 24 heavy (non-hydrogen) atoms. The van der Waals surface area contributed by atoms with Gasteiger partial charge in [-0.05, 0) is 25.2 Å². The Balaban J connectivity index is 1.98. The second-order valence-electron chi connectivity index (χ2n) is 6.53. The molecule has 0 bridgehead atoms. The van der Waals surface area contributed by atoms with Gasteiger partial charge in [0, 0.05) is 25.6 Å². The molecule has 0 saturated carbocycles. The zero-order valence-corrected chi connectivity index (χ0v) is 14.2. The van der Waals surface area contributed by atoms with E-state index in [0.29, 0.717) is 38.4 Å². The van der Waals surface area contributed by atoms with Crippen molar-refractivity contribution in [3.05, 3.63) is 17.7 Å². The van der Waals surface area contributed by atoms with Crippen LogP contribution in [0.5, 0.6) is 0 Å². The van der Waals surface area contributed by atoms with Crippen LogP contribution in [0.1, 0.15) is 54.1 Å². The molecule has 0 atom stereocenters. The van der Waals surface area contributed by atoms with Crippen molar-refractivity contribution in [3.63, 3.8) is 0 Å². The fourth-order valence-electron chi connectivity index (χ4n) is 2.71. The van der Waals surface area contributed by atoms with Gasteiger partial charge in [0.2, 0.25) is 5.91 Å². The van der Waals surface area contributed by atoms with Crippen LogP contribution in [0.4, 0.5) is 0 Å². The first kappa shape index (κ1) is 18.0. The fourth-order valence-corrected chi connectivity index (χ4v) is 2.71. The Hall–Kier alpha value is -2.38. The lowest BCUT2D eigenvalue weighted by Gasteiger charge is -2.30. The highest BCUT2D eigenvalue weighted by Gasteiger charge is 2.29. The van der Waals surface area contributed by atoms with Gasteiger partial charge in [0.05, 0.1) is 6.33 Å². The SMILES string of the molecule is CC(C)CCNC(=O)c1nc[nH]c1C(=O)N1CCC(C(N)=O)CC1. The molecular weight excluding hydrogens is 310 g/mol. The quantitative estimate of drug-likeness (QED) is 0.701. The molecule has 2 rings (SSSR count). The van der Waals surface area contributed by atoms with E-state index in [1.165, 1.54) is 6.33 Å². The van der Waals surface area contributed by atoms with Crippen LogP contribution in [0, 0.1) is 11.8 Å². The van der Waals surface area contributed by atoms with Crippen LogP contribution in [-0.2, 0) is 4.79 Å².